The number of Topliss-reactive ketones (excluding diaryl/α,β-unsaturated/α-hetero) is 1. The average Bonchev–Trinajstić information content (AvgIpc) is 2.16. The van der Waals surface area contributed by atoms with Crippen molar-refractivity contribution in [1.29, 1.82) is 0 Å². The third kappa shape index (κ3) is 2.80. The third-order valence-corrected chi connectivity index (χ3v) is 2.00. The highest BCUT2D eigenvalue weighted by Crippen LogP contribution is 2.20. The summed E-state index contributed by atoms with van der Waals surface area (Å²) in [5.41, 5.74) is 1.08. The Bertz CT molecular complexity index is 396. The topological polar surface area (TPSA) is 63.6 Å². The van der Waals surface area contributed by atoms with E-state index in [9.17, 15) is 9.59 Å². The molecule has 0 radical (unpaired) electrons. The number of hydrogen-bond acceptors (Lipinski definition) is 3. The summed E-state index contributed by atoms with van der Waals surface area (Å²) in [5, 5.41) is 8.60. The van der Waals surface area contributed by atoms with Crippen LogP contribution in [0.2, 0.25) is 0 Å². The summed E-state index contributed by atoms with van der Waals surface area (Å²) < 4.78 is 5.02. The molecule has 0 heterocycles. The second-order valence-corrected chi connectivity index (χ2v) is 3.16. The van der Waals surface area contributed by atoms with Crippen molar-refractivity contribution in [1.82, 2.24) is 0 Å². The number of carboxylic acid groups (broad SMARTS) is 1. The molecule has 0 aromatic heterocycles. The van der Waals surface area contributed by atoms with Gasteiger partial charge in [-0.15, -0.1) is 0 Å². The molecule has 0 fully saturated rings. The molecule has 0 amide bonds. The highest BCUT2D eigenvalue weighted by Gasteiger charge is 2.09. The molecule has 0 aliphatic carbocycles. The fraction of sp³-hybridized carbons (Fsp3) is 0.273. The Balaban J connectivity index is 3.07. The lowest BCUT2D eigenvalue weighted by Crippen LogP contribution is -2.03. The SMILES string of the molecule is COc1cc(CC(=O)O)ccc1C(C)=O. The molecule has 0 saturated heterocycles. The first-order valence-corrected chi connectivity index (χ1v) is 4.44. The van der Waals surface area contributed by atoms with Crippen LogP contribution in [0.4, 0.5) is 0 Å². The first-order valence-electron chi connectivity index (χ1n) is 4.44. The van der Waals surface area contributed by atoms with E-state index in [1.807, 2.05) is 0 Å². The first-order chi connectivity index (χ1) is 7.04. The summed E-state index contributed by atoms with van der Waals surface area (Å²) >= 11 is 0. The molecule has 4 nitrogen and oxygen atoms in total. The Morgan fingerprint density at radius 2 is 2.07 bits per heavy atom. The lowest BCUT2D eigenvalue weighted by atomic mass is 10.1. The normalized spacial score (nSPS) is 9.73. The largest absolute Gasteiger partial charge is 0.496 e. The summed E-state index contributed by atoms with van der Waals surface area (Å²) in [6, 6.07) is 4.78. The van der Waals surface area contributed by atoms with Gasteiger partial charge in [-0.05, 0) is 24.6 Å². The number of benzene rings is 1. The predicted octanol–water partition coefficient (Wildman–Crippen LogP) is 1.52. The van der Waals surface area contributed by atoms with Gasteiger partial charge in [0.25, 0.3) is 0 Å². The summed E-state index contributed by atoms with van der Waals surface area (Å²) in [4.78, 5) is 21.6. The van der Waals surface area contributed by atoms with Gasteiger partial charge in [0, 0.05) is 0 Å². The highest BCUT2D eigenvalue weighted by molar-refractivity contribution is 5.97. The van der Waals surface area contributed by atoms with Crippen LogP contribution in [-0.2, 0) is 11.2 Å². The van der Waals surface area contributed by atoms with Crippen molar-refractivity contribution in [3.05, 3.63) is 29.3 Å². The molecule has 15 heavy (non-hydrogen) atoms. The third-order valence-electron chi connectivity index (χ3n) is 2.00. The molecule has 0 aliphatic heterocycles. The van der Waals surface area contributed by atoms with Crippen molar-refractivity contribution in [2.45, 2.75) is 13.3 Å². The van der Waals surface area contributed by atoms with Gasteiger partial charge >= 0.3 is 5.97 Å². The second kappa shape index (κ2) is 4.59. The molecule has 1 aromatic carbocycles. The van der Waals surface area contributed by atoms with Crippen molar-refractivity contribution in [3.63, 3.8) is 0 Å². The zero-order chi connectivity index (χ0) is 11.4. The van der Waals surface area contributed by atoms with E-state index in [1.165, 1.54) is 14.0 Å². The van der Waals surface area contributed by atoms with E-state index in [0.717, 1.165) is 0 Å². The number of ketones is 1. The molecular weight excluding hydrogens is 196 g/mol. The lowest BCUT2D eigenvalue weighted by molar-refractivity contribution is -0.136. The molecule has 80 valence electrons. The maximum atomic E-state index is 11.2. The molecule has 0 unspecified atom stereocenters. The number of ether oxygens (including phenoxy) is 1. The van der Waals surface area contributed by atoms with Crippen LogP contribution in [0.3, 0.4) is 0 Å². The monoisotopic (exact) mass is 208 g/mol. The fourth-order valence-electron chi connectivity index (χ4n) is 1.31. The number of hydrogen-bond donors (Lipinski definition) is 1. The van der Waals surface area contributed by atoms with E-state index in [1.54, 1.807) is 18.2 Å². The quantitative estimate of drug-likeness (QED) is 0.762. The smallest absolute Gasteiger partial charge is 0.307 e. The zero-order valence-corrected chi connectivity index (χ0v) is 8.61. The fourth-order valence-corrected chi connectivity index (χ4v) is 1.31. The van der Waals surface area contributed by atoms with E-state index in [0.29, 0.717) is 16.9 Å². The number of methoxy groups -OCH3 is 1. The number of carbonyl (C=O) groups is 2. The Labute approximate surface area is 87.5 Å². The number of aliphatic carboxylic acids is 1. The molecule has 0 bridgehead atoms. The number of rotatable bonds is 4. The minimum atomic E-state index is -0.910. The van der Waals surface area contributed by atoms with Crippen molar-refractivity contribution in [2.24, 2.45) is 0 Å². The minimum absolute atomic E-state index is 0.0749. The van der Waals surface area contributed by atoms with Gasteiger partial charge in [-0.3, -0.25) is 9.59 Å². The van der Waals surface area contributed by atoms with Gasteiger partial charge < -0.3 is 9.84 Å². The van der Waals surface area contributed by atoms with E-state index >= 15 is 0 Å². The Kier molecular flexibility index (Phi) is 3.44. The standard InChI is InChI=1S/C11H12O4/c1-7(12)9-4-3-8(6-11(13)14)5-10(9)15-2/h3-5H,6H2,1-2H3,(H,13,14). The molecule has 0 spiro atoms. The van der Waals surface area contributed by atoms with Crippen LogP contribution in [-0.4, -0.2) is 24.0 Å². The summed E-state index contributed by atoms with van der Waals surface area (Å²) in [5.74, 6) is -0.595. The van der Waals surface area contributed by atoms with Crippen LogP contribution < -0.4 is 4.74 Å². The molecule has 1 rings (SSSR count). The van der Waals surface area contributed by atoms with Crippen LogP contribution in [0.1, 0.15) is 22.8 Å². The molecule has 1 N–H and O–H groups in total. The summed E-state index contributed by atoms with van der Waals surface area (Å²) in [7, 11) is 1.45. The lowest BCUT2D eigenvalue weighted by Gasteiger charge is -2.07. The second-order valence-electron chi connectivity index (χ2n) is 3.16. The van der Waals surface area contributed by atoms with E-state index in [-0.39, 0.29) is 12.2 Å². The predicted molar refractivity (Wildman–Crippen MR) is 54.3 cm³/mol. The molecule has 1 aromatic rings. The minimum Gasteiger partial charge on any atom is -0.496 e. The van der Waals surface area contributed by atoms with Gasteiger partial charge in [0.05, 0.1) is 19.1 Å². The van der Waals surface area contributed by atoms with Gasteiger partial charge in [-0.1, -0.05) is 6.07 Å². The van der Waals surface area contributed by atoms with Crippen molar-refractivity contribution in [3.8, 4) is 5.75 Å². The Morgan fingerprint density at radius 1 is 1.40 bits per heavy atom. The maximum Gasteiger partial charge on any atom is 0.307 e. The van der Waals surface area contributed by atoms with E-state index < -0.39 is 5.97 Å². The van der Waals surface area contributed by atoms with Gasteiger partial charge in [0.1, 0.15) is 5.75 Å². The Morgan fingerprint density at radius 3 is 2.53 bits per heavy atom. The van der Waals surface area contributed by atoms with Gasteiger partial charge in [0.2, 0.25) is 0 Å². The molecule has 0 atom stereocenters. The summed E-state index contributed by atoms with van der Waals surface area (Å²) in [6.45, 7) is 1.44. The van der Waals surface area contributed by atoms with Crippen LogP contribution in [0.25, 0.3) is 0 Å². The first kappa shape index (κ1) is 11.2. The average molecular weight is 208 g/mol. The van der Waals surface area contributed by atoms with Gasteiger partial charge in [-0.2, -0.15) is 0 Å². The highest BCUT2D eigenvalue weighted by atomic mass is 16.5. The number of carboxylic acids is 1. The van der Waals surface area contributed by atoms with Crippen LogP contribution >= 0.6 is 0 Å². The molecule has 0 saturated carbocycles. The summed E-state index contributed by atoms with van der Waals surface area (Å²) in [6.07, 6.45) is -0.0749. The van der Waals surface area contributed by atoms with Crippen molar-refractivity contribution < 1.29 is 19.4 Å². The number of carbonyl (C=O) groups excluding carboxylic acids is 1. The van der Waals surface area contributed by atoms with Crippen molar-refractivity contribution in [2.75, 3.05) is 7.11 Å². The Hall–Kier alpha value is -1.84. The van der Waals surface area contributed by atoms with Crippen molar-refractivity contribution >= 4 is 11.8 Å². The van der Waals surface area contributed by atoms with Crippen LogP contribution in [0.15, 0.2) is 18.2 Å². The van der Waals surface area contributed by atoms with Crippen LogP contribution in [0.5, 0.6) is 5.75 Å². The zero-order valence-electron chi connectivity index (χ0n) is 8.61. The molecule has 0 aliphatic rings. The maximum absolute atomic E-state index is 11.2. The van der Waals surface area contributed by atoms with Gasteiger partial charge in [-0.25, -0.2) is 0 Å². The van der Waals surface area contributed by atoms with E-state index in [4.69, 9.17) is 9.84 Å². The molecule has 4 heteroatoms. The molecular formula is C11H12O4. The van der Waals surface area contributed by atoms with Crippen LogP contribution in [0, 0.1) is 0 Å². The van der Waals surface area contributed by atoms with E-state index in [2.05, 4.69) is 0 Å². The van der Waals surface area contributed by atoms with Gasteiger partial charge in [0.15, 0.2) is 5.78 Å².